The van der Waals surface area contributed by atoms with Crippen molar-refractivity contribution in [3.63, 3.8) is 0 Å². The maximum Gasteiger partial charge on any atom is 0.240 e. The minimum atomic E-state index is -1.24. The molecule has 3 heterocycles. The predicted octanol–water partition coefficient (Wildman–Crippen LogP) is 3.13. The molecule has 1 unspecified atom stereocenters. The summed E-state index contributed by atoms with van der Waals surface area (Å²) >= 11 is 0. The smallest absolute Gasteiger partial charge is 0.240 e. The Labute approximate surface area is 202 Å². The molecule has 0 aliphatic carbocycles. The molecule has 9 heteroatoms. The lowest BCUT2D eigenvalue weighted by atomic mass is 9.75. The van der Waals surface area contributed by atoms with Crippen LogP contribution in [0.2, 0.25) is 0 Å². The van der Waals surface area contributed by atoms with Gasteiger partial charge in [0.25, 0.3) is 0 Å². The normalized spacial score (nSPS) is 21.2. The number of halogens is 1. The van der Waals surface area contributed by atoms with Crippen molar-refractivity contribution in [3.8, 4) is 5.75 Å². The first-order valence-corrected chi connectivity index (χ1v) is 11.7. The molecular formula is C26H27FN4O4. The van der Waals surface area contributed by atoms with Gasteiger partial charge in [-0.05, 0) is 48.7 Å². The van der Waals surface area contributed by atoms with Crippen molar-refractivity contribution in [3.05, 3.63) is 59.7 Å². The number of aromatic nitrogens is 2. The summed E-state index contributed by atoms with van der Waals surface area (Å²) in [4.78, 5) is 49.9. The molecule has 2 fully saturated rings. The number of carbonyl (C=O) groups excluding carboxylic acids is 3. The number of hydrogen-bond donors (Lipinski definition) is 1. The van der Waals surface area contributed by atoms with E-state index in [4.69, 9.17) is 4.74 Å². The number of methoxy groups -OCH3 is 1. The van der Waals surface area contributed by atoms with Gasteiger partial charge in [0.2, 0.25) is 17.7 Å². The topological polar surface area (TPSA) is 95.6 Å². The number of H-pyrrole nitrogens is 1. The van der Waals surface area contributed by atoms with Crippen LogP contribution in [0.25, 0.3) is 11.0 Å². The lowest BCUT2D eigenvalue weighted by Crippen LogP contribution is -2.45. The van der Waals surface area contributed by atoms with Crippen LogP contribution in [0.5, 0.6) is 5.75 Å². The Hall–Kier alpha value is -3.75. The van der Waals surface area contributed by atoms with Gasteiger partial charge in [0.1, 0.15) is 17.4 Å². The van der Waals surface area contributed by atoms with Gasteiger partial charge in [-0.15, -0.1) is 0 Å². The van der Waals surface area contributed by atoms with Crippen LogP contribution in [0.3, 0.4) is 0 Å². The maximum atomic E-state index is 13.5. The van der Waals surface area contributed by atoms with Crippen molar-refractivity contribution in [2.24, 2.45) is 0 Å². The highest BCUT2D eigenvalue weighted by Crippen LogP contribution is 2.41. The second-order valence-corrected chi connectivity index (χ2v) is 9.36. The van der Waals surface area contributed by atoms with E-state index in [1.807, 2.05) is 0 Å². The van der Waals surface area contributed by atoms with Crippen LogP contribution < -0.4 is 4.74 Å². The zero-order valence-corrected chi connectivity index (χ0v) is 19.7. The molecule has 3 aromatic rings. The zero-order chi connectivity index (χ0) is 24.7. The number of piperidine rings is 1. The van der Waals surface area contributed by atoms with Crippen molar-refractivity contribution in [2.45, 2.75) is 37.0 Å². The Bertz CT molecular complexity index is 1310. The fourth-order valence-corrected chi connectivity index (χ4v) is 5.24. The molecular weight excluding hydrogens is 451 g/mol. The number of aromatic amines is 1. The SMILES string of the molecule is COc1cccc(C2(CC(=O)N3CCC(c4nc5ccc(F)cc5[nH]4)CC3)CC(=O)N(C)C2=O)c1. The zero-order valence-electron chi connectivity index (χ0n) is 19.7. The molecule has 0 spiro atoms. The average molecular weight is 479 g/mol. The van der Waals surface area contributed by atoms with Gasteiger partial charge in [-0.25, -0.2) is 9.37 Å². The summed E-state index contributed by atoms with van der Waals surface area (Å²) < 4.78 is 18.8. The van der Waals surface area contributed by atoms with E-state index < -0.39 is 5.41 Å². The van der Waals surface area contributed by atoms with Crippen LogP contribution in [0.15, 0.2) is 42.5 Å². The predicted molar refractivity (Wildman–Crippen MR) is 126 cm³/mol. The van der Waals surface area contributed by atoms with Crippen molar-refractivity contribution in [1.82, 2.24) is 19.8 Å². The van der Waals surface area contributed by atoms with Gasteiger partial charge < -0.3 is 14.6 Å². The first-order chi connectivity index (χ1) is 16.8. The Morgan fingerprint density at radius 1 is 1.20 bits per heavy atom. The van der Waals surface area contributed by atoms with Gasteiger partial charge in [0, 0.05) is 38.9 Å². The number of benzene rings is 2. The number of ether oxygens (including phenoxy) is 1. The number of hydrogen-bond acceptors (Lipinski definition) is 5. The number of rotatable bonds is 5. The average Bonchev–Trinajstić information content (AvgIpc) is 3.39. The number of carbonyl (C=O) groups is 3. The van der Waals surface area contributed by atoms with E-state index in [-0.39, 0.29) is 42.3 Å². The third kappa shape index (κ3) is 4.05. The van der Waals surface area contributed by atoms with Gasteiger partial charge in [-0.2, -0.15) is 0 Å². The molecule has 1 aromatic heterocycles. The molecule has 0 saturated carbocycles. The molecule has 35 heavy (non-hydrogen) atoms. The lowest BCUT2D eigenvalue weighted by Gasteiger charge is -2.34. The third-order valence-corrected chi connectivity index (χ3v) is 7.31. The first kappa shape index (κ1) is 23.0. The molecule has 5 rings (SSSR count). The van der Waals surface area contributed by atoms with Crippen LogP contribution in [0.4, 0.5) is 4.39 Å². The van der Waals surface area contributed by atoms with Gasteiger partial charge in [0.15, 0.2) is 0 Å². The summed E-state index contributed by atoms with van der Waals surface area (Å²) in [7, 11) is 3.00. The van der Waals surface area contributed by atoms with Crippen molar-refractivity contribution < 1.29 is 23.5 Å². The molecule has 1 atom stereocenters. The third-order valence-electron chi connectivity index (χ3n) is 7.31. The number of nitrogens with one attached hydrogen (secondary N) is 1. The summed E-state index contributed by atoms with van der Waals surface area (Å²) in [6.07, 6.45) is 1.27. The molecule has 2 aliphatic rings. The molecule has 2 saturated heterocycles. The minimum absolute atomic E-state index is 0.0484. The van der Waals surface area contributed by atoms with Gasteiger partial charge in [0.05, 0.1) is 23.6 Å². The number of amides is 3. The van der Waals surface area contributed by atoms with E-state index >= 15 is 0 Å². The highest BCUT2D eigenvalue weighted by atomic mass is 19.1. The number of imidazole rings is 1. The van der Waals surface area contributed by atoms with Crippen LogP contribution >= 0.6 is 0 Å². The largest absolute Gasteiger partial charge is 0.497 e. The van der Waals surface area contributed by atoms with Crippen LogP contribution in [-0.4, -0.2) is 64.7 Å². The lowest BCUT2D eigenvalue weighted by molar-refractivity contribution is -0.141. The van der Waals surface area contributed by atoms with E-state index in [0.717, 1.165) is 10.7 Å². The molecule has 2 aliphatic heterocycles. The standard InChI is InChI=1S/C26H27FN4O4/c1-30-22(32)14-26(25(30)34,17-4-3-5-19(12-17)35-2)15-23(33)31-10-8-16(9-11-31)24-28-20-7-6-18(27)13-21(20)29-24/h3-7,12-13,16H,8-11,14-15H2,1-2H3,(H,28,29). The fraction of sp³-hybridized carbons (Fsp3) is 0.385. The Morgan fingerprint density at radius 3 is 2.66 bits per heavy atom. The van der Waals surface area contributed by atoms with Crippen LogP contribution in [-0.2, 0) is 19.8 Å². The monoisotopic (exact) mass is 478 g/mol. The van der Waals surface area contributed by atoms with Gasteiger partial charge in [-0.3, -0.25) is 19.3 Å². The molecule has 2 aromatic carbocycles. The van der Waals surface area contributed by atoms with Crippen molar-refractivity contribution in [1.29, 1.82) is 0 Å². The van der Waals surface area contributed by atoms with E-state index in [9.17, 15) is 18.8 Å². The summed E-state index contributed by atoms with van der Waals surface area (Å²) in [5.74, 6) is 0.347. The quantitative estimate of drug-likeness (QED) is 0.569. The molecule has 1 N–H and O–H groups in total. The van der Waals surface area contributed by atoms with Crippen LogP contribution in [0.1, 0.15) is 43.0 Å². The number of fused-ring (bicyclic) bond motifs is 1. The molecule has 0 radical (unpaired) electrons. The Morgan fingerprint density at radius 2 is 1.97 bits per heavy atom. The van der Waals surface area contributed by atoms with E-state index in [1.54, 1.807) is 35.2 Å². The minimum Gasteiger partial charge on any atom is -0.497 e. The number of nitrogens with zero attached hydrogens (tertiary/aromatic N) is 3. The van der Waals surface area contributed by atoms with E-state index in [1.165, 1.54) is 26.3 Å². The number of likely N-dealkylation sites (N-methyl/N-ethyl adjacent to an activating group) is 1. The fourth-order valence-electron chi connectivity index (χ4n) is 5.24. The molecule has 8 nitrogen and oxygen atoms in total. The molecule has 0 bridgehead atoms. The van der Waals surface area contributed by atoms with E-state index in [0.29, 0.717) is 48.3 Å². The van der Waals surface area contributed by atoms with Crippen molar-refractivity contribution in [2.75, 3.05) is 27.2 Å². The second-order valence-electron chi connectivity index (χ2n) is 9.36. The summed E-state index contributed by atoms with van der Waals surface area (Å²) in [6, 6.07) is 11.5. The Kier molecular flexibility index (Phi) is 5.78. The number of likely N-dealkylation sites (tertiary alicyclic amines) is 2. The van der Waals surface area contributed by atoms with Gasteiger partial charge in [-0.1, -0.05) is 12.1 Å². The highest BCUT2D eigenvalue weighted by Gasteiger charge is 2.53. The molecule has 182 valence electrons. The molecule has 3 amide bonds. The Balaban J connectivity index is 1.33. The summed E-state index contributed by atoms with van der Waals surface area (Å²) in [5, 5.41) is 0. The second kappa shape index (κ2) is 8.79. The first-order valence-electron chi connectivity index (χ1n) is 11.7. The highest BCUT2D eigenvalue weighted by molar-refractivity contribution is 6.10. The van der Waals surface area contributed by atoms with E-state index in [2.05, 4.69) is 9.97 Å². The summed E-state index contributed by atoms with van der Waals surface area (Å²) in [5.41, 5.74) is 0.746. The number of imide groups is 1. The van der Waals surface area contributed by atoms with Crippen LogP contribution in [0, 0.1) is 5.82 Å². The van der Waals surface area contributed by atoms with Crippen molar-refractivity contribution >= 4 is 28.8 Å². The summed E-state index contributed by atoms with van der Waals surface area (Å²) in [6.45, 7) is 1.03. The van der Waals surface area contributed by atoms with Gasteiger partial charge >= 0.3 is 0 Å². The maximum absolute atomic E-state index is 13.5.